The molecule has 2 aromatic rings. The quantitative estimate of drug-likeness (QED) is 0.213. The smallest absolute Gasteiger partial charge is 0.356 e. The molecule has 0 spiro atoms. The molecule has 0 aliphatic carbocycles. The van der Waals surface area contributed by atoms with Crippen LogP contribution in [0, 0.1) is 0 Å². The number of guanidine groups is 1. The highest BCUT2D eigenvalue weighted by molar-refractivity contribution is 14.0. The lowest BCUT2D eigenvalue weighted by Gasteiger charge is -2.32. The van der Waals surface area contributed by atoms with Gasteiger partial charge in [-0.1, -0.05) is 12.1 Å². The van der Waals surface area contributed by atoms with Crippen LogP contribution in [0.4, 0.5) is 13.2 Å². The first-order valence-electron chi connectivity index (χ1n) is 9.68. The van der Waals surface area contributed by atoms with E-state index in [0.29, 0.717) is 16.8 Å². The largest absolute Gasteiger partial charge is 0.511 e. The summed E-state index contributed by atoms with van der Waals surface area (Å²) in [4.78, 5) is 11.9. The van der Waals surface area contributed by atoms with Gasteiger partial charge in [0.2, 0.25) is 0 Å². The summed E-state index contributed by atoms with van der Waals surface area (Å²) in [5.74, 6) is 1.44. The van der Waals surface area contributed by atoms with E-state index in [9.17, 15) is 21.6 Å². The van der Waals surface area contributed by atoms with E-state index in [0.717, 1.165) is 29.7 Å². The predicted octanol–water partition coefficient (Wildman–Crippen LogP) is 2.59. The van der Waals surface area contributed by atoms with Gasteiger partial charge in [0.15, 0.2) is 5.96 Å². The number of fused-ring (bicyclic) bond motifs is 1. The van der Waals surface area contributed by atoms with Gasteiger partial charge in [-0.05, 0) is 31.4 Å². The van der Waals surface area contributed by atoms with Crippen LogP contribution in [0.3, 0.4) is 0 Å². The molecule has 0 radical (unpaired) electrons. The standard InChI is InChI=1S/C18H25F3N6O2S.HI/c1-22-17(23-10-4-7-16-25-14-5-2-3-6-15(14)26-16)24-13-8-11-27(12-9-13)30(28,29)18(19,20)21;/h2-3,5-6,13H,4,7-12H2,1H3,(H,25,26)(H2,22,23,24);1H. The summed E-state index contributed by atoms with van der Waals surface area (Å²) in [5.41, 5.74) is -3.33. The van der Waals surface area contributed by atoms with E-state index in [4.69, 9.17) is 0 Å². The van der Waals surface area contributed by atoms with Crippen molar-refractivity contribution in [1.29, 1.82) is 0 Å². The second-order valence-corrected chi connectivity index (χ2v) is 9.00. The van der Waals surface area contributed by atoms with E-state index in [1.807, 2.05) is 24.3 Å². The summed E-state index contributed by atoms with van der Waals surface area (Å²) in [6.45, 7) is 0.281. The van der Waals surface area contributed by atoms with Gasteiger partial charge in [0.25, 0.3) is 0 Å². The van der Waals surface area contributed by atoms with Crippen LogP contribution in [-0.2, 0) is 16.4 Å². The number of hydrogen-bond donors (Lipinski definition) is 3. The zero-order chi connectivity index (χ0) is 21.8. The Bertz CT molecular complexity index is 955. The maximum Gasteiger partial charge on any atom is 0.511 e. The fourth-order valence-corrected chi connectivity index (χ4v) is 4.35. The number of aromatic amines is 1. The third-order valence-corrected chi connectivity index (χ3v) is 6.60. The molecule has 0 atom stereocenters. The Morgan fingerprint density at radius 2 is 1.97 bits per heavy atom. The van der Waals surface area contributed by atoms with Crippen molar-refractivity contribution in [3.63, 3.8) is 0 Å². The summed E-state index contributed by atoms with van der Waals surface area (Å²) in [6.07, 6.45) is 2.11. The number of H-pyrrole nitrogens is 1. The number of halogens is 4. The normalized spacial score (nSPS) is 16.8. The van der Waals surface area contributed by atoms with Crippen molar-refractivity contribution in [3.05, 3.63) is 30.1 Å². The van der Waals surface area contributed by atoms with Gasteiger partial charge in [-0.2, -0.15) is 17.5 Å². The molecule has 13 heteroatoms. The van der Waals surface area contributed by atoms with E-state index in [-0.39, 0.29) is 55.9 Å². The number of sulfonamides is 1. The highest BCUT2D eigenvalue weighted by Gasteiger charge is 2.50. The highest BCUT2D eigenvalue weighted by Crippen LogP contribution is 2.28. The second kappa shape index (κ2) is 10.8. The number of aromatic nitrogens is 2. The number of nitrogens with zero attached hydrogens (tertiary/aromatic N) is 3. The number of imidazole rings is 1. The fourth-order valence-electron chi connectivity index (χ4n) is 3.36. The summed E-state index contributed by atoms with van der Waals surface area (Å²) < 4.78 is 61.4. The molecule has 0 unspecified atom stereocenters. The first kappa shape index (κ1) is 25.6. The molecule has 3 rings (SSSR count). The van der Waals surface area contributed by atoms with Crippen LogP contribution in [0.15, 0.2) is 29.3 Å². The van der Waals surface area contributed by atoms with Gasteiger partial charge >= 0.3 is 15.5 Å². The lowest BCUT2D eigenvalue weighted by Crippen LogP contribution is -2.51. The van der Waals surface area contributed by atoms with E-state index in [2.05, 4.69) is 25.6 Å². The van der Waals surface area contributed by atoms with E-state index < -0.39 is 15.5 Å². The molecular weight excluding hydrogens is 548 g/mol. The molecular formula is C18H26F3IN6O2S. The minimum atomic E-state index is -5.26. The van der Waals surface area contributed by atoms with E-state index >= 15 is 0 Å². The highest BCUT2D eigenvalue weighted by atomic mass is 127. The molecule has 3 N–H and O–H groups in total. The number of piperidine rings is 1. The third-order valence-electron chi connectivity index (χ3n) is 4.97. The molecule has 1 saturated heterocycles. The number of hydrogen-bond acceptors (Lipinski definition) is 4. The lowest BCUT2D eigenvalue weighted by molar-refractivity contribution is -0.0494. The van der Waals surface area contributed by atoms with Gasteiger partial charge < -0.3 is 15.6 Å². The number of rotatable bonds is 6. The summed E-state index contributed by atoms with van der Waals surface area (Å²) in [6, 6.07) is 7.66. The van der Waals surface area contributed by atoms with Gasteiger partial charge in [-0.15, -0.1) is 24.0 Å². The van der Waals surface area contributed by atoms with Gasteiger partial charge in [-0.25, -0.2) is 13.4 Å². The zero-order valence-corrected chi connectivity index (χ0v) is 20.1. The van der Waals surface area contributed by atoms with Crippen LogP contribution < -0.4 is 10.6 Å². The molecule has 1 aliphatic rings. The van der Waals surface area contributed by atoms with Crippen molar-refractivity contribution in [2.45, 2.75) is 37.2 Å². The Kier molecular flexibility index (Phi) is 8.94. The van der Waals surface area contributed by atoms with Crippen molar-refractivity contribution in [2.75, 3.05) is 26.7 Å². The summed E-state index contributed by atoms with van der Waals surface area (Å²) in [5, 5.41) is 6.32. The molecule has 31 heavy (non-hydrogen) atoms. The van der Waals surface area contributed by atoms with Gasteiger partial charge in [0, 0.05) is 39.1 Å². The van der Waals surface area contributed by atoms with Crippen LogP contribution >= 0.6 is 24.0 Å². The second-order valence-electron chi connectivity index (χ2n) is 7.07. The maximum atomic E-state index is 12.7. The monoisotopic (exact) mass is 574 g/mol. The van der Waals surface area contributed by atoms with Crippen molar-refractivity contribution in [1.82, 2.24) is 24.9 Å². The third kappa shape index (κ3) is 6.44. The maximum absolute atomic E-state index is 12.7. The van der Waals surface area contributed by atoms with Crippen LogP contribution in [0.2, 0.25) is 0 Å². The van der Waals surface area contributed by atoms with Crippen LogP contribution in [-0.4, -0.2) is 66.9 Å². The molecule has 1 aliphatic heterocycles. The Morgan fingerprint density at radius 3 is 2.58 bits per heavy atom. The average Bonchev–Trinajstić information content (AvgIpc) is 3.12. The minimum absolute atomic E-state index is 0. The van der Waals surface area contributed by atoms with Gasteiger partial charge in [-0.3, -0.25) is 4.99 Å². The van der Waals surface area contributed by atoms with Gasteiger partial charge in [0.1, 0.15) is 5.82 Å². The molecule has 0 amide bonds. The average molecular weight is 574 g/mol. The zero-order valence-electron chi connectivity index (χ0n) is 16.9. The van der Waals surface area contributed by atoms with Crippen molar-refractivity contribution >= 4 is 51.0 Å². The van der Waals surface area contributed by atoms with E-state index in [1.54, 1.807) is 7.05 Å². The van der Waals surface area contributed by atoms with E-state index in [1.165, 1.54) is 0 Å². The molecule has 1 fully saturated rings. The van der Waals surface area contributed by atoms with Crippen LogP contribution in [0.5, 0.6) is 0 Å². The Balaban J connectivity index is 0.00000341. The number of nitrogens with one attached hydrogen (secondary N) is 3. The van der Waals surface area contributed by atoms with Crippen molar-refractivity contribution in [3.8, 4) is 0 Å². The fraction of sp³-hybridized carbons (Fsp3) is 0.556. The van der Waals surface area contributed by atoms with Crippen molar-refractivity contribution in [2.24, 2.45) is 4.99 Å². The van der Waals surface area contributed by atoms with Gasteiger partial charge in [0.05, 0.1) is 11.0 Å². The molecule has 0 bridgehead atoms. The topological polar surface area (TPSA) is 102 Å². The molecule has 1 aromatic heterocycles. The molecule has 1 aromatic carbocycles. The Labute approximate surface area is 196 Å². The molecule has 2 heterocycles. The Morgan fingerprint density at radius 1 is 1.29 bits per heavy atom. The molecule has 174 valence electrons. The van der Waals surface area contributed by atoms with Crippen molar-refractivity contribution < 1.29 is 21.6 Å². The SMILES string of the molecule is CN=C(NCCCc1nc2ccccc2[nH]1)NC1CCN(S(=O)(=O)C(F)(F)F)CC1.I. The minimum Gasteiger partial charge on any atom is -0.356 e. The Hall–Kier alpha value is -1.61. The number of para-hydroxylation sites is 2. The summed E-state index contributed by atoms with van der Waals surface area (Å²) in [7, 11) is -3.65. The number of benzene rings is 1. The number of aliphatic imine (C=N–C) groups is 1. The first-order chi connectivity index (χ1) is 14.2. The predicted molar refractivity (Wildman–Crippen MR) is 124 cm³/mol. The van der Waals surface area contributed by atoms with Crippen LogP contribution in [0.1, 0.15) is 25.1 Å². The lowest BCUT2D eigenvalue weighted by atomic mass is 10.1. The van der Waals surface area contributed by atoms with Crippen LogP contribution in [0.25, 0.3) is 11.0 Å². The number of aryl methyl sites for hydroxylation is 1. The first-order valence-corrected chi connectivity index (χ1v) is 11.1. The summed E-state index contributed by atoms with van der Waals surface area (Å²) >= 11 is 0. The number of alkyl halides is 3. The molecule has 8 nitrogen and oxygen atoms in total. The molecule has 0 saturated carbocycles.